The van der Waals surface area contributed by atoms with E-state index in [1.54, 1.807) is 0 Å². The molecule has 0 heterocycles. The standard InChI is InChI=1S/C13H28N4S/c1-14-13(15-8-5-9-17(2)3)16-11-6-7-12(10-11)18-4/h11-12H,5-10H2,1-4H3,(H2,14,15,16). The van der Waals surface area contributed by atoms with Crippen molar-refractivity contribution >= 4 is 17.7 Å². The van der Waals surface area contributed by atoms with Gasteiger partial charge in [-0.2, -0.15) is 11.8 Å². The van der Waals surface area contributed by atoms with Crippen LogP contribution in [0.3, 0.4) is 0 Å². The molecule has 1 rings (SSSR count). The summed E-state index contributed by atoms with van der Waals surface area (Å²) in [4.78, 5) is 6.50. The second-order valence-corrected chi connectivity index (χ2v) is 6.31. The van der Waals surface area contributed by atoms with Gasteiger partial charge in [-0.1, -0.05) is 0 Å². The number of hydrogen-bond donors (Lipinski definition) is 2. The lowest BCUT2D eigenvalue weighted by Gasteiger charge is -2.18. The van der Waals surface area contributed by atoms with Crippen molar-refractivity contribution < 1.29 is 0 Å². The van der Waals surface area contributed by atoms with Crippen LogP contribution in [0.5, 0.6) is 0 Å². The highest BCUT2D eigenvalue weighted by Crippen LogP contribution is 2.27. The lowest BCUT2D eigenvalue weighted by atomic mass is 10.2. The van der Waals surface area contributed by atoms with Crippen molar-refractivity contribution in [3.8, 4) is 0 Å². The molecule has 2 N–H and O–H groups in total. The molecule has 0 aromatic rings. The first-order valence-corrected chi connectivity index (χ1v) is 8.09. The summed E-state index contributed by atoms with van der Waals surface area (Å²) < 4.78 is 0. The molecule has 0 radical (unpaired) electrons. The van der Waals surface area contributed by atoms with E-state index in [0.29, 0.717) is 6.04 Å². The van der Waals surface area contributed by atoms with Crippen LogP contribution in [0.25, 0.3) is 0 Å². The molecule has 0 aliphatic heterocycles. The Bertz CT molecular complexity index is 255. The molecule has 0 bridgehead atoms. The molecule has 2 atom stereocenters. The highest BCUT2D eigenvalue weighted by atomic mass is 32.2. The SMILES string of the molecule is CN=C(NCCCN(C)C)NC1CCC(SC)C1. The maximum Gasteiger partial charge on any atom is 0.191 e. The third kappa shape index (κ3) is 5.96. The van der Waals surface area contributed by atoms with Crippen molar-refractivity contribution in [1.82, 2.24) is 15.5 Å². The Kier molecular flexibility index (Phi) is 7.51. The molecule has 0 aromatic carbocycles. The van der Waals surface area contributed by atoms with E-state index >= 15 is 0 Å². The third-order valence-corrected chi connectivity index (χ3v) is 4.45. The second kappa shape index (κ2) is 8.64. The Morgan fingerprint density at radius 1 is 1.39 bits per heavy atom. The first kappa shape index (κ1) is 15.6. The van der Waals surface area contributed by atoms with Crippen molar-refractivity contribution in [1.29, 1.82) is 0 Å². The molecule has 1 fully saturated rings. The van der Waals surface area contributed by atoms with Gasteiger partial charge < -0.3 is 15.5 Å². The Morgan fingerprint density at radius 2 is 2.17 bits per heavy atom. The Balaban J connectivity index is 2.18. The minimum Gasteiger partial charge on any atom is -0.356 e. The fraction of sp³-hybridized carbons (Fsp3) is 0.923. The quantitative estimate of drug-likeness (QED) is 0.435. The molecular formula is C13H28N4S. The van der Waals surface area contributed by atoms with Gasteiger partial charge in [0.1, 0.15) is 0 Å². The van der Waals surface area contributed by atoms with Gasteiger partial charge >= 0.3 is 0 Å². The van der Waals surface area contributed by atoms with Gasteiger partial charge in [-0.25, -0.2) is 0 Å². The van der Waals surface area contributed by atoms with Crippen molar-refractivity contribution in [2.45, 2.75) is 37.0 Å². The maximum absolute atomic E-state index is 4.29. The van der Waals surface area contributed by atoms with Gasteiger partial charge in [0.2, 0.25) is 0 Å². The Morgan fingerprint density at radius 3 is 2.72 bits per heavy atom. The number of aliphatic imine (C=N–C) groups is 1. The van der Waals surface area contributed by atoms with Crippen LogP contribution >= 0.6 is 11.8 Å². The van der Waals surface area contributed by atoms with E-state index in [-0.39, 0.29) is 0 Å². The zero-order valence-electron chi connectivity index (χ0n) is 12.2. The molecule has 1 aliphatic carbocycles. The monoisotopic (exact) mass is 272 g/mol. The van der Waals surface area contributed by atoms with Gasteiger partial charge in [0.05, 0.1) is 0 Å². The number of nitrogens with zero attached hydrogens (tertiary/aromatic N) is 2. The van der Waals surface area contributed by atoms with Crippen molar-refractivity contribution in [2.24, 2.45) is 4.99 Å². The van der Waals surface area contributed by atoms with Gasteiger partial charge in [0.25, 0.3) is 0 Å². The average molecular weight is 272 g/mol. The van der Waals surface area contributed by atoms with Crippen molar-refractivity contribution in [3.05, 3.63) is 0 Å². The lowest BCUT2D eigenvalue weighted by Crippen LogP contribution is -2.43. The van der Waals surface area contributed by atoms with Crippen LogP contribution in [-0.2, 0) is 0 Å². The summed E-state index contributed by atoms with van der Waals surface area (Å²) in [6.45, 7) is 2.10. The van der Waals surface area contributed by atoms with Gasteiger partial charge in [0, 0.05) is 24.9 Å². The maximum atomic E-state index is 4.29. The van der Waals surface area contributed by atoms with Crippen LogP contribution in [0, 0.1) is 0 Å². The van der Waals surface area contributed by atoms with Crippen LogP contribution in [0.1, 0.15) is 25.7 Å². The first-order chi connectivity index (χ1) is 8.65. The van der Waals surface area contributed by atoms with Gasteiger partial charge in [-0.05, 0) is 52.6 Å². The van der Waals surface area contributed by atoms with E-state index < -0.39 is 0 Å². The molecule has 0 saturated heterocycles. The van der Waals surface area contributed by atoms with Crippen molar-refractivity contribution in [3.63, 3.8) is 0 Å². The van der Waals surface area contributed by atoms with Crippen LogP contribution in [0.15, 0.2) is 4.99 Å². The normalized spacial score (nSPS) is 24.6. The van der Waals surface area contributed by atoms with Crippen LogP contribution in [0.2, 0.25) is 0 Å². The molecule has 5 heteroatoms. The smallest absolute Gasteiger partial charge is 0.191 e. The lowest BCUT2D eigenvalue weighted by molar-refractivity contribution is 0.399. The Labute approximate surface area is 116 Å². The fourth-order valence-corrected chi connectivity index (χ4v) is 3.07. The Hall–Kier alpha value is -0.420. The molecule has 4 nitrogen and oxygen atoms in total. The van der Waals surface area contributed by atoms with Gasteiger partial charge in [-0.15, -0.1) is 0 Å². The average Bonchev–Trinajstić information content (AvgIpc) is 2.80. The summed E-state index contributed by atoms with van der Waals surface area (Å²) in [7, 11) is 6.06. The van der Waals surface area contributed by atoms with Gasteiger partial charge in [-0.3, -0.25) is 4.99 Å². The summed E-state index contributed by atoms with van der Waals surface area (Å²) in [6, 6.07) is 0.600. The van der Waals surface area contributed by atoms with E-state index in [9.17, 15) is 0 Å². The number of nitrogens with one attached hydrogen (secondary N) is 2. The zero-order chi connectivity index (χ0) is 13.4. The molecule has 1 saturated carbocycles. The number of rotatable bonds is 6. The van der Waals surface area contributed by atoms with Crippen LogP contribution < -0.4 is 10.6 Å². The minimum atomic E-state index is 0.600. The van der Waals surface area contributed by atoms with Gasteiger partial charge in [0.15, 0.2) is 5.96 Å². The topological polar surface area (TPSA) is 39.7 Å². The molecule has 0 spiro atoms. The number of thioether (sulfide) groups is 1. The first-order valence-electron chi connectivity index (χ1n) is 6.80. The fourth-order valence-electron chi connectivity index (χ4n) is 2.28. The molecule has 106 valence electrons. The summed E-state index contributed by atoms with van der Waals surface area (Å²) in [5.41, 5.74) is 0. The molecule has 0 amide bonds. The molecule has 18 heavy (non-hydrogen) atoms. The third-order valence-electron chi connectivity index (χ3n) is 3.36. The highest BCUT2D eigenvalue weighted by molar-refractivity contribution is 7.99. The number of hydrogen-bond acceptors (Lipinski definition) is 3. The number of guanidine groups is 1. The van der Waals surface area contributed by atoms with E-state index in [1.165, 1.54) is 19.3 Å². The predicted molar refractivity (Wildman–Crippen MR) is 82.6 cm³/mol. The molecule has 2 unspecified atom stereocenters. The van der Waals surface area contributed by atoms with E-state index in [1.807, 2.05) is 18.8 Å². The largest absolute Gasteiger partial charge is 0.356 e. The molecule has 0 aromatic heterocycles. The van der Waals surface area contributed by atoms with Crippen molar-refractivity contribution in [2.75, 3.05) is 40.5 Å². The van der Waals surface area contributed by atoms with Crippen LogP contribution in [0.4, 0.5) is 0 Å². The summed E-state index contributed by atoms with van der Waals surface area (Å²) in [6.07, 6.45) is 7.22. The van der Waals surface area contributed by atoms with E-state index in [4.69, 9.17) is 0 Å². The molecular weight excluding hydrogens is 244 g/mol. The highest BCUT2D eigenvalue weighted by Gasteiger charge is 2.24. The zero-order valence-corrected chi connectivity index (χ0v) is 13.0. The minimum absolute atomic E-state index is 0.600. The van der Waals surface area contributed by atoms with E-state index in [2.05, 4.69) is 40.9 Å². The summed E-state index contributed by atoms with van der Waals surface area (Å²) in [5.74, 6) is 0.959. The second-order valence-electron chi connectivity index (χ2n) is 5.17. The van der Waals surface area contributed by atoms with E-state index in [0.717, 1.165) is 30.7 Å². The van der Waals surface area contributed by atoms with Crippen LogP contribution in [-0.4, -0.2) is 62.6 Å². The predicted octanol–water partition coefficient (Wildman–Crippen LogP) is 1.39. The summed E-state index contributed by atoms with van der Waals surface area (Å²) in [5, 5.41) is 7.75. The summed E-state index contributed by atoms with van der Waals surface area (Å²) >= 11 is 1.99. The molecule has 1 aliphatic rings.